The Bertz CT molecular complexity index is 1020. The molecule has 2 aliphatic rings. The number of rotatable bonds is 9. The van der Waals surface area contributed by atoms with Crippen LogP contribution >= 0.6 is 0 Å². The molecule has 1 fully saturated rings. The number of benzene rings is 2. The zero-order valence-electron chi connectivity index (χ0n) is 19.0. The fourth-order valence-corrected chi connectivity index (χ4v) is 3.98. The Morgan fingerprint density at radius 3 is 2.68 bits per heavy atom. The quantitative estimate of drug-likeness (QED) is 0.434. The number of nitro groups is 1. The summed E-state index contributed by atoms with van der Waals surface area (Å²) in [4.78, 5) is 26.9. The molecule has 0 bridgehead atoms. The first-order valence-electron chi connectivity index (χ1n) is 11.1. The molecule has 1 saturated heterocycles. The van der Waals surface area contributed by atoms with Crippen LogP contribution in [0.4, 0.5) is 10.5 Å². The second-order valence-electron chi connectivity index (χ2n) is 8.07. The van der Waals surface area contributed by atoms with Gasteiger partial charge in [0.2, 0.25) is 12.5 Å². The van der Waals surface area contributed by atoms with Crippen LogP contribution in [0.15, 0.2) is 36.4 Å². The number of amides is 1. The minimum absolute atomic E-state index is 0.00975. The first-order valence-corrected chi connectivity index (χ1v) is 11.1. The average molecular weight is 472 g/mol. The van der Waals surface area contributed by atoms with E-state index in [2.05, 4.69) is 15.1 Å². The lowest BCUT2D eigenvalue weighted by Gasteiger charge is -2.34. The minimum Gasteiger partial charge on any atom is -0.493 e. The molecule has 11 heteroatoms. The normalized spacial score (nSPS) is 15.7. The molecule has 4 rings (SSSR count). The van der Waals surface area contributed by atoms with Gasteiger partial charge < -0.3 is 24.3 Å². The highest BCUT2D eigenvalue weighted by Gasteiger charge is 2.22. The summed E-state index contributed by atoms with van der Waals surface area (Å²) in [6.45, 7) is 5.64. The summed E-state index contributed by atoms with van der Waals surface area (Å²) >= 11 is 0. The van der Waals surface area contributed by atoms with Crippen molar-refractivity contribution in [3.63, 3.8) is 0 Å². The Morgan fingerprint density at radius 2 is 1.91 bits per heavy atom. The van der Waals surface area contributed by atoms with E-state index in [1.54, 1.807) is 19.2 Å². The number of nitrogens with zero attached hydrogens (tertiary/aromatic N) is 3. The van der Waals surface area contributed by atoms with Crippen molar-refractivity contribution in [2.45, 2.75) is 13.1 Å². The largest absolute Gasteiger partial charge is 0.493 e. The maximum Gasteiger partial charge on any atom is 0.407 e. The van der Waals surface area contributed by atoms with Gasteiger partial charge in [0.05, 0.1) is 12.0 Å². The van der Waals surface area contributed by atoms with Gasteiger partial charge in [-0.1, -0.05) is 12.1 Å². The smallest absolute Gasteiger partial charge is 0.407 e. The van der Waals surface area contributed by atoms with Gasteiger partial charge in [-0.25, -0.2) is 4.79 Å². The molecular weight excluding hydrogens is 444 g/mol. The lowest BCUT2D eigenvalue weighted by molar-refractivity contribution is -0.384. The van der Waals surface area contributed by atoms with Crippen LogP contribution in [0, 0.1) is 10.1 Å². The number of hydrogen-bond donors (Lipinski definition) is 1. The highest BCUT2D eigenvalue weighted by Crippen LogP contribution is 2.42. The standard InChI is InChI=1S/C23H28N4O7/c1-31-20-12-18(13-21-22(20)34-16-33-21)15-26-7-5-25(6-8-26)9-10-32-23(28)24-14-17-3-2-4-19(11-17)27(29)30/h2-4,11-13H,5-10,14-16H2,1H3,(H,24,28). The van der Waals surface area contributed by atoms with E-state index in [1.807, 2.05) is 12.1 Å². The summed E-state index contributed by atoms with van der Waals surface area (Å²) in [7, 11) is 1.62. The third kappa shape index (κ3) is 6.06. The van der Waals surface area contributed by atoms with Gasteiger partial charge in [-0.3, -0.25) is 19.9 Å². The van der Waals surface area contributed by atoms with E-state index >= 15 is 0 Å². The van der Waals surface area contributed by atoms with Crippen LogP contribution in [-0.4, -0.2) is 74.0 Å². The summed E-state index contributed by atoms with van der Waals surface area (Å²) in [5.74, 6) is 2.06. The van der Waals surface area contributed by atoms with Crippen molar-refractivity contribution >= 4 is 11.8 Å². The number of non-ortho nitro benzene ring substituents is 1. The molecule has 182 valence electrons. The molecule has 1 amide bonds. The van der Waals surface area contributed by atoms with E-state index < -0.39 is 11.0 Å². The number of methoxy groups -OCH3 is 1. The Kier molecular flexibility index (Phi) is 7.65. The van der Waals surface area contributed by atoms with Crippen molar-refractivity contribution in [3.05, 3.63) is 57.6 Å². The Morgan fingerprint density at radius 1 is 1.12 bits per heavy atom. The lowest BCUT2D eigenvalue weighted by Crippen LogP contribution is -2.47. The average Bonchev–Trinajstić information content (AvgIpc) is 3.32. The molecule has 11 nitrogen and oxygen atoms in total. The van der Waals surface area contributed by atoms with Gasteiger partial charge in [0.15, 0.2) is 11.5 Å². The lowest BCUT2D eigenvalue weighted by atomic mass is 10.1. The summed E-state index contributed by atoms with van der Waals surface area (Å²) in [6.07, 6.45) is -0.540. The summed E-state index contributed by atoms with van der Waals surface area (Å²) in [5.41, 5.74) is 1.74. The van der Waals surface area contributed by atoms with Crippen molar-refractivity contribution in [3.8, 4) is 17.2 Å². The maximum atomic E-state index is 11.9. The van der Waals surface area contributed by atoms with E-state index in [1.165, 1.54) is 12.1 Å². The summed E-state index contributed by atoms with van der Waals surface area (Å²) in [5, 5.41) is 13.5. The third-order valence-corrected chi connectivity index (χ3v) is 5.79. The zero-order chi connectivity index (χ0) is 23.9. The van der Waals surface area contributed by atoms with Crippen molar-refractivity contribution in [1.29, 1.82) is 0 Å². The van der Waals surface area contributed by atoms with E-state index in [0.29, 0.717) is 29.4 Å². The molecule has 2 aromatic carbocycles. The molecule has 0 aliphatic carbocycles. The maximum absolute atomic E-state index is 11.9. The van der Waals surface area contributed by atoms with E-state index in [4.69, 9.17) is 18.9 Å². The molecule has 0 spiro atoms. The van der Waals surface area contributed by atoms with Crippen LogP contribution in [-0.2, 0) is 17.8 Å². The van der Waals surface area contributed by atoms with Crippen LogP contribution in [0.25, 0.3) is 0 Å². The molecule has 0 saturated carbocycles. The van der Waals surface area contributed by atoms with Gasteiger partial charge in [-0.2, -0.15) is 0 Å². The second-order valence-corrected chi connectivity index (χ2v) is 8.07. The van der Waals surface area contributed by atoms with Gasteiger partial charge >= 0.3 is 6.09 Å². The van der Waals surface area contributed by atoms with Gasteiger partial charge in [0.25, 0.3) is 5.69 Å². The molecule has 1 N–H and O–H groups in total. The number of carbonyl (C=O) groups is 1. The molecule has 34 heavy (non-hydrogen) atoms. The van der Waals surface area contributed by atoms with E-state index in [0.717, 1.165) is 38.3 Å². The number of nitrogens with one attached hydrogen (secondary N) is 1. The molecule has 2 aliphatic heterocycles. The number of alkyl carbamates (subject to hydrolysis) is 1. The molecule has 2 heterocycles. The molecule has 0 atom stereocenters. The van der Waals surface area contributed by atoms with Crippen LogP contribution in [0.5, 0.6) is 17.2 Å². The number of piperazine rings is 1. The molecule has 0 unspecified atom stereocenters. The predicted molar refractivity (Wildman–Crippen MR) is 122 cm³/mol. The molecule has 0 radical (unpaired) electrons. The van der Waals surface area contributed by atoms with Gasteiger partial charge in [-0.15, -0.1) is 0 Å². The first-order chi connectivity index (χ1) is 16.5. The number of fused-ring (bicyclic) bond motifs is 1. The van der Waals surface area contributed by atoms with Gasteiger partial charge in [0.1, 0.15) is 6.61 Å². The fourth-order valence-electron chi connectivity index (χ4n) is 3.98. The number of nitro benzene ring substituents is 1. The molecular formula is C23H28N4O7. The van der Waals surface area contributed by atoms with E-state index in [-0.39, 0.29) is 25.6 Å². The SMILES string of the molecule is COc1cc(CN2CCN(CCOC(=O)NCc3cccc([N+](=O)[O-])c3)CC2)cc2c1OCO2. The van der Waals surface area contributed by atoms with Crippen molar-refractivity contribution in [1.82, 2.24) is 15.1 Å². The van der Waals surface area contributed by atoms with Crippen molar-refractivity contribution < 1.29 is 28.7 Å². The summed E-state index contributed by atoms with van der Waals surface area (Å²) < 4.78 is 21.6. The fraction of sp³-hybridized carbons (Fsp3) is 0.435. The molecule has 2 aromatic rings. The summed E-state index contributed by atoms with van der Waals surface area (Å²) in [6, 6.07) is 10.1. The number of ether oxygens (including phenoxy) is 4. The van der Waals surface area contributed by atoms with Gasteiger partial charge in [0, 0.05) is 57.9 Å². The van der Waals surface area contributed by atoms with Crippen LogP contribution in [0.1, 0.15) is 11.1 Å². The van der Waals surface area contributed by atoms with Crippen molar-refractivity contribution in [2.75, 3.05) is 53.2 Å². The topological polar surface area (TPSA) is 116 Å². The second kappa shape index (κ2) is 11.0. The Balaban J connectivity index is 1.14. The predicted octanol–water partition coefficient (Wildman–Crippen LogP) is 2.38. The highest BCUT2D eigenvalue weighted by atomic mass is 16.7. The first kappa shape index (κ1) is 23.6. The zero-order valence-corrected chi connectivity index (χ0v) is 19.0. The van der Waals surface area contributed by atoms with Crippen LogP contribution in [0.3, 0.4) is 0 Å². The molecule has 0 aromatic heterocycles. The third-order valence-electron chi connectivity index (χ3n) is 5.79. The van der Waals surface area contributed by atoms with E-state index in [9.17, 15) is 14.9 Å². The Labute approximate surface area is 197 Å². The monoisotopic (exact) mass is 472 g/mol. The minimum atomic E-state index is -0.540. The van der Waals surface area contributed by atoms with Crippen LogP contribution < -0.4 is 19.5 Å². The van der Waals surface area contributed by atoms with Gasteiger partial charge in [-0.05, 0) is 23.3 Å². The Hall–Kier alpha value is -3.57. The number of carbonyl (C=O) groups excluding carboxylic acids is 1. The van der Waals surface area contributed by atoms with Crippen LogP contribution in [0.2, 0.25) is 0 Å². The highest BCUT2D eigenvalue weighted by molar-refractivity contribution is 5.67. The number of hydrogen-bond acceptors (Lipinski definition) is 9. The van der Waals surface area contributed by atoms with Crippen molar-refractivity contribution in [2.24, 2.45) is 0 Å².